The standard InChI is InChI=1S/C26H18ClN4O5P/c27-19-9-7-18(8-10-19)25-21(12-16-4-2-1-3-5-16)30-31-22(14-24(32)29-26(25)31)20-11-6-17(15-28)13-23(20)36-37(33,34)35/h1-11,13-14H,12H2,(H,29,32)(H2,33,34,35). The van der Waals surface area contributed by atoms with Crippen LogP contribution in [0.1, 0.15) is 16.8 Å². The zero-order valence-electron chi connectivity index (χ0n) is 19.0. The molecule has 0 saturated carbocycles. The van der Waals surface area contributed by atoms with Crippen LogP contribution in [0.15, 0.2) is 83.7 Å². The molecule has 0 aliphatic heterocycles. The van der Waals surface area contributed by atoms with E-state index in [1.807, 2.05) is 48.5 Å². The van der Waals surface area contributed by atoms with Crippen molar-refractivity contribution in [1.82, 2.24) is 14.6 Å². The van der Waals surface area contributed by atoms with E-state index in [1.54, 1.807) is 12.1 Å². The van der Waals surface area contributed by atoms with E-state index >= 15 is 0 Å². The van der Waals surface area contributed by atoms with Crippen molar-refractivity contribution in [3.05, 3.63) is 111 Å². The lowest BCUT2D eigenvalue weighted by molar-refractivity contribution is 0.283. The molecule has 0 amide bonds. The zero-order chi connectivity index (χ0) is 26.2. The lowest BCUT2D eigenvalue weighted by Gasteiger charge is -2.13. The van der Waals surface area contributed by atoms with Crippen LogP contribution in [0.25, 0.3) is 28.0 Å². The molecule has 0 saturated heterocycles. The van der Waals surface area contributed by atoms with Crippen LogP contribution in [0.5, 0.6) is 5.75 Å². The molecule has 11 heteroatoms. The second-order valence-electron chi connectivity index (χ2n) is 8.17. The summed E-state index contributed by atoms with van der Waals surface area (Å²) in [5.41, 5.74) is 3.53. The average molecular weight is 533 g/mol. The zero-order valence-corrected chi connectivity index (χ0v) is 20.6. The SMILES string of the molecule is N#Cc1ccc(-c2cc(=O)[nH]c3c(-c4ccc(Cl)cc4)c(Cc4ccccc4)nn23)c(OP(=O)(O)O)c1. The number of halogens is 1. The Kier molecular flexibility index (Phi) is 6.42. The first kappa shape index (κ1) is 24.5. The lowest BCUT2D eigenvalue weighted by Crippen LogP contribution is -2.10. The third kappa shape index (κ3) is 5.19. The number of phosphoric acid groups is 1. The van der Waals surface area contributed by atoms with E-state index < -0.39 is 13.4 Å². The molecule has 0 aliphatic rings. The molecular weight excluding hydrogens is 515 g/mol. The maximum atomic E-state index is 12.8. The van der Waals surface area contributed by atoms with Gasteiger partial charge in [-0.1, -0.05) is 54.1 Å². The number of aromatic amines is 1. The minimum absolute atomic E-state index is 0.125. The Balaban J connectivity index is 1.80. The van der Waals surface area contributed by atoms with Crippen LogP contribution in [0.3, 0.4) is 0 Å². The Morgan fingerprint density at radius 3 is 2.46 bits per heavy atom. The van der Waals surface area contributed by atoms with Crippen molar-refractivity contribution < 1.29 is 18.9 Å². The summed E-state index contributed by atoms with van der Waals surface area (Å²) in [7, 11) is -4.98. The minimum atomic E-state index is -4.98. The third-order valence-electron chi connectivity index (χ3n) is 5.65. The minimum Gasteiger partial charge on any atom is -0.403 e. The van der Waals surface area contributed by atoms with E-state index in [2.05, 4.69) is 4.98 Å². The van der Waals surface area contributed by atoms with Crippen LogP contribution in [0.2, 0.25) is 5.02 Å². The number of nitrogens with zero attached hydrogens (tertiary/aromatic N) is 3. The van der Waals surface area contributed by atoms with Crippen LogP contribution >= 0.6 is 19.4 Å². The molecule has 0 unspecified atom stereocenters. The first-order valence-corrected chi connectivity index (χ1v) is 12.9. The fourth-order valence-corrected chi connectivity index (χ4v) is 4.66. The number of rotatable bonds is 6. The van der Waals surface area contributed by atoms with E-state index in [9.17, 15) is 24.4 Å². The van der Waals surface area contributed by atoms with Crippen molar-refractivity contribution in [3.8, 4) is 34.2 Å². The predicted octanol–water partition coefficient (Wildman–Crippen LogP) is 4.94. The Labute approximate surface area is 215 Å². The fourth-order valence-electron chi connectivity index (χ4n) is 4.12. The molecule has 3 N–H and O–H groups in total. The highest BCUT2D eigenvalue weighted by Gasteiger charge is 2.24. The summed E-state index contributed by atoms with van der Waals surface area (Å²) >= 11 is 6.11. The Morgan fingerprint density at radius 1 is 1.05 bits per heavy atom. The van der Waals surface area contributed by atoms with Crippen molar-refractivity contribution >= 4 is 25.1 Å². The topological polar surface area (TPSA) is 141 Å². The summed E-state index contributed by atoms with van der Waals surface area (Å²) in [5.74, 6) is -0.257. The number of hydrogen-bond donors (Lipinski definition) is 3. The Morgan fingerprint density at radius 2 is 1.78 bits per heavy atom. The molecule has 0 spiro atoms. The summed E-state index contributed by atoms with van der Waals surface area (Å²) in [5, 5.41) is 14.6. The molecule has 0 bridgehead atoms. The van der Waals surface area contributed by atoms with Crippen molar-refractivity contribution in [2.24, 2.45) is 0 Å². The van der Waals surface area contributed by atoms with Crippen LogP contribution in [0, 0.1) is 11.3 Å². The number of fused-ring (bicyclic) bond motifs is 1. The van der Waals surface area contributed by atoms with Gasteiger partial charge in [-0.2, -0.15) is 10.4 Å². The largest absolute Gasteiger partial charge is 0.524 e. The molecule has 5 aromatic rings. The van der Waals surface area contributed by atoms with Gasteiger partial charge in [-0.05, 0) is 41.5 Å². The molecule has 37 heavy (non-hydrogen) atoms. The monoisotopic (exact) mass is 532 g/mol. The number of hydrogen-bond acceptors (Lipinski definition) is 5. The molecular formula is C26H18ClN4O5P. The maximum absolute atomic E-state index is 12.8. The van der Waals surface area contributed by atoms with Gasteiger partial charge in [-0.3, -0.25) is 14.6 Å². The highest BCUT2D eigenvalue weighted by Crippen LogP contribution is 2.43. The first-order valence-electron chi connectivity index (χ1n) is 11.0. The summed E-state index contributed by atoms with van der Waals surface area (Å²) in [6.07, 6.45) is 0.446. The van der Waals surface area contributed by atoms with E-state index in [1.165, 1.54) is 28.8 Å². The van der Waals surface area contributed by atoms with Crippen LogP contribution in [0.4, 0.5) is 0 Å². The summed E-state index contributed by atoms with van der Waals surface area (Å²) in [6.45, 7) is 0. The highest BCUT2D eigenvalue weighted by atomic mass is 35.5. The van der Waals surface area contributed by atoms with E-state index in [0.29, 0.717) is 28.3 Å². The van der Waals surface area contributed by atoms with Crippen molar-refractivity contribution in [2.75, 3.05) is 0 Å². The lowest BCUT2D eigenvalue weighted by atomic mass is 10.0. The number of nitriles is 1. The van der Waals surface area contributed by atoms with Gasteiger partial charge in [0, 0.05) is 28.6 Å². The van der Waals surface area contributed by atoms with Gasteiger partial charge >= 0.3 is 7.82 Å². The van der Waals surface area contributed by atoms with Gasteiger partial charge in [0.25, 0.3) is 5.56 Å². The maximum Gasteiger partial charge on any atom is 0.524 e. The van der Waals surface area contributed by atoms with Gasteiger partial charge in [0.1, 0.15) is 11.4 Å². The van der Waals surface area contributed by atoms with Crippen molar-refractivity contribution in [1.29, 1.82) is 5.26 Å². The second kappa shape index (κ2) is 9.69. The smallest absolute Gasteiger partial charge is 0.403 e. The second-order valence-corrected chi connectivity index (χ2v) is 9.77. The Hall–Kier alpha value is -4.19. The molecule has 2 heterocycles. The van der Waals surface area contributed by atoms with Gasteiger partial charge in [0.15, 0.2) is 0 Å². The number of nitrogens with one attached hydrogen (secondary N) is 1. The molecule has 0 radical (unpaired) electrons. The van der Waals surface area contributed by atoms with Gasteiger partial charge < -0.3 is 9.51 Å². The van der Waals surface area contributed by atoms with Crippen LogP contribution < -0.4 is 10.1 Å². The number of benzene rings is 3. The first-order chi connectivity index (χ1) is 17.7. The fraction of sp³-hybridized carbons (Fsp3) is 0.0385. The summed E-state index contributed by atoms with van der Waals surface area (Å²) in [4.78, 5) is 34.6. The summed E-state index contributed by atoms with van der Waals surface area (Å²) in [6, 6.07) is 24.1. The molecule has 5 rings (SSSR count). The molecule has 0 aliphatic carbocycles. The van der Waals surface area contributed by atoms with Gasteiger partial charge in [0.05, 0.1) is 23.0 Å². The number of phosphoric ester groups is 1. The Bertz CT molecular complexity index is 1770. The van der Waals surface area contributed by atoms with E-state index in [4.69, 9.17) is 21.2 Å². The average Bonchev–Trinajstić information content (AvgIpc) is 3.21. The van der Waals surface area contributed by atoms with E-state index in [0.717, 1.165) is 11.1 Å². The molecule has 3 aromatic carbocycles. The third-order valence-corrected chi connectivity index (χ3v) is 6.33. The highest BCUT2D eigenvalue weighted by molar-refractivity contribution is 7.46. The number of H-pyrrole nitrogens is 1. The van der Waals surface area contributed by atoms with Gasteiger partial charge in [-0.25, -0.2) is 9.08 Å². The van der Waals surface area contributed by atoms with Gasteiger partial charge in [-0.15, -0.1) is 0 Å². The molecule has 2 aromatic heterocycles. The number of aromatic nitrogens is 3. The van der Waals surface area contributed by atoms with Gasteiger partial charge in [0.2, 0.25) is 0 Å². The quantitative estimate of drug-likeness (QED) is 0.263. The van der Waals surface area contributed by atoms with Crippen LogP contribution in [-0.4, -0.2) is 24.4 Å². The van der Waals surface area contributed by atoms with Crippen molar-refractivity contribution in [2.45, 2.75) is 6.42 Å². The molecule has 184 valence electrons. The predicted molar refractivity (Wildman–Crippen MR) is 138 cm³/mol. The van der Waals surface area contributed by atoms with E-state index in [-0.39, 0.29) is 22.6 Å². The van der Waals surface area contributed by atoms with Crippen molar-refractivity contribution in [3.63, 3.8) is 0 Å². The van der Waals surface area contributed by atoms with Crippen LogP contribution in [-0.2, 0) is 11.0 Å². The molecule has 9 nitrogen and oxygen atoms in total. The molecule has 0 atom stereocenters. The summed E-state index contributed by atoms with van der Waals surface area (Å²) < 4.78 is 18.1. The molecule has 0 fully saturated rings. The normalized spacial score (nSPS) is 11.4.